The minimum absolute atomic E-state index is 0. The summed E-state index contributed by atoms with van der Waals surface area (Å²) in [6, 6.07) is -2.95. The standard InChI is InChI=1S/C60H108F2N2O20.Na/c1-4-6-8-10-12-14-16-18-19-21-23-25-27-29-31-33-46(72)64-40(41(69)32-30-28-26-24-22-20-17-15-13-11-9-7-5-2)38-80-56-53(77)52(76)54(45(37-67)82-56)83-57-51(75)47(50(74)44(36-66)81-57)60(61,62)59(58(78)79)34-42(70)48(63-39(3)68)55(84-59)49(73)43(71)35-65;/h30,32,40-45,47-57,65-67,69-71,73-77H,4-29,31,33-38H2,1-3H3,(H,63,68)(H,64,72)(H,78,79);/q;+1/b32-30+;/t40-,41+,42-,43+,44+,45+,47-,48+,49+,50-,51+,52+,53+,54+,55+,56+,57-,59+;/m0./s1. The number of carboxylic acids is 1. The van der Waals surface area contributed by atoms with Crippen molar-refractivity contribution in [2.75, 3.05) is 26.4 Å². The minimum atomic E-state index is -5.08. The third-order valence-electron chi connectivity index (χ3n) is 16.7. The molecule has 0 aromatic carbocycles. The third kappa shape index (κ3) is 25.5. The molecule has 0 radical (unpaired) electrons. The Morgan fingerprint density at radius 2 is 1.15 bits per heavy atom. The van der Waals surface area contributed by atoms with Crippen molar-refractivity contribution in [1.82, 2.24) is 10.6 Å². The summed E-state index contributed by atoms with van der Waals surface area (Å²) in [5.74, 6) is -12.0. The van der Waals surface area contributed by atoms with Crippen LogP contribution in [-0.4, -0.2) is 215 Å². The second kappa shape index (κ2) is 43.2. The van der Waals surface area contributed by atoms with E-state index in [0.29, 0.717) is 12.8 Å². The van der Waals surface area contributed by atoms with Crippen molar-refractivity contribution in [2.24, 2.45) is 5.92 Å². The quantitative estimate of drug-likeness (QED) is 0.0230. The van der Waals surface area contributed by atoms with Crippen LogP contribution in [0.5, 0.6) is 0 Å². The van der Waals surface area contributed by atoms with E-state index in [1.165, 1.54) is 109 Å². The molecule has 0 saturated carbocycles. The third-order valence-corrected chi connectivity index (χ3v) is 16.7. The van der Waals surface area contributed by atoms with Gasteiger partial charge in [-0.25, -0.2) is 13.6 Å². The number of aliphatic carboxylic acids is 1. The maximum Gasteiger partial charge on any atom is 1.00 e. The van der Waals surface area contributed by atoms with Crippen molar-refractivity contribution < 1.29 is 138 Å². The Labute approximate surface area is 524 Å². The molecule has 3 rings (SSSR count). The van der Waals surface area contributed by atoms with Crippen LogP contribution in [0.3, 0.4) is 0 Å². The molecule has 3 saturated heterocycles. The number of allylic oxidation sites excluding steroid dienone is 1. The van der Waals surface area contributed by atoms with Crippen molar-refractivity contribution in [1.29, 1.82) is 0 Å². The van der Waals surface area contributed by atoms with E-state index in [0.717, 1.165) is 58.3 Å². The van der Waals surface area contributed by atoms with Crippen LogP contribution in [0.1, 0.15) is 207 Å². The van der Waals surface area contributed by atoms with E-state index in [1.807, 2.05) is 6.08 Å². The predicted octanol–water partition coefficient (Wildman–Crippen LogP) is 1.08. The summed E-state index contributed by atoms with van der Waals surface area (Å²) < 4.78 is 62.8. The number of halogens is 2. The number of ether oxygens (including phenoxy) is 5. The van der Waals surface area contributed by atoms with Crippen LogP contribution in [0, 0.1) is 5.92 Å². The number of carbonyl (C=O) groups is 3. The van der Waals surface area contributed by atoms with E-state index in [4.69, 9.17) is 23.7 Å². The summed E-state index contributed by atoms with van der Waals surface area (Å²) in [5, 5.41) is 135. The molecule has 3 aliphatic rings. The molecule has 492 valence electrons. The van der Waals surface area contributed by atoms with Gasteiger partial charge >= 0.3 is 35.5 Å². The molecule has 0 unspecified atom stereocenters. The molecule has 3 aliphatic heterocycles. The number of hydrogen-bond acceptors (Lipinski definition) is 19. The van der Waals surface area contributed by atoms with Crippen LogP contribution in [-0.2, 0) is 38.1 Å². The summed E-state index contributed by atoms with van der Waals surface area (Å²) in [6.07, 6.45) is 2.46. The summed E-state index contributed by atoms with van der Waals surface area (Å²) in [4.78, 5) is 38.4. The number of rotatable bonds is 45. The number of carbonyl (C=O) groups excluding carboxylic acids is 2. The Balaban J connectivity index is 0.0000247. The zero-order valence-corrected chi connectivity index (χ0v) is 53.2. The van der Waals surface area contributed by atoms with Crippen LogP contribution < -0.4 is 40.2 Å². The van der Waals surface area contributed by atoms with Gasteiger partial charge in [0.05, 0.1) is 62.7 Å². The molecule has 22 nitrogen and oxygen atoms in total. The SMILES string of the molecule is CCCCCCCCCCCCC/C=C/[C@@H](O)[C@H](CO[C@@H]1O[C@H](CO)[C@@H](O[C@@H]2O[C@H](CO)[C@H](O)[C@H](C(F)(F)[C@]3(C(=O)O)C[C@H](O)[C@@H](NC(C)=O)[C@H]([C@H](O)[C@H](O)CO)O3)[C@H]2O)[C@H](O)[C@H]1O)NC(=O)CCCCCCCCCCCCCCCCC.[Na+]. The molecule has 0 spiro atoms. The summed E-state index contributed by atoms with van der Waals surface area (Å²) in [7, 11) is 0. The van der Waals surface area contributed by atoms with Gasteiger partial charge in [-0.1, -0.05) is 180 Å². The smallest absolute Gasteiger partial charge is 0.479 e. The molecule has 2 amide bonds. The fourth-order valence-electron chi connectivity index (χ4n) is 11.6. The van der Waals surface area contributed by atoms with Crippen LogP contribution in [0.15, 0.2) is 12.2 Å². The maximum atomic E-state index is 17.3. The molecule has 0 aromatic rings. The summed E-state index contributed by atoms with van der Waals surface area (Å²) in [5.41, 5.74) is -4.02. The number of aliphatic hydroxyl groups is 11. The molecule has 18 atom stereocenters. The number of carboxylic acid groups (broad SMARTS) is 1. The second-order valence-corrected chi connectivity index (χ2v) is 23.6. The van der Waals surface area contributed by atoms with E-state index in [-0.39, 0.29) is 41.9 Å². The molecule has 14 N–H and O–H groups in total. The first-order chi connectivity index (χ1) is 40.2. The number of alkyl halides is 2. The van der Waals surface area contributed by atoms with Gasteiger partial charge in [0, 0.05) is 19.8 Å². The van der Waals surface area contributed by atoms with Gasteiger partial charge in [0.25, 0.3) is 5.92 Å². The van der Waals surface area contributed by atoms with Gasteiger partial charge in [-0.3, -0.25) is 9.59 Å². The predicted molar refractivity (Wildman–Crippen MR) is 305 cm³/mol. The second-order valence-electron chi connectivity index (χ2n) is 23.6. The van der Waals surface area contributed by atoms with Crippen molar-refractivity contribution >= 4 is 17.8 Å². The van der Waals surface area contributed by atoms with E-state index < -0.39 is 160 Å². The molecule has 3 heterocycles. The van der Waals surface area contributed by atoms with Crippen LogP contribution in [0.4, 0.5) is 8.78 Å². The van der Waals surface area contributed by atoms with Crippen LogP contribution in [0.25, 0.3) is 0 Å². The first kappa shape index (κ1) is 79.5. The number of unbranched alkanes of at least 4 members (excludes halogenated alkanes) is 25. The average molecular weight is 1240 g/mol. The fourth-order valence-corrected chi connectivity index (χ4v) is 11.6. The monoisotopic (exact) mass is 1240 g/mol. The Morgan fingerprint density at radius 1 is 0.671 bits per heavy atom. The largest absolute Gasteiger partial charge is 1.00 e. The summed E-state index contributed by atoms with van der Waals surface area (Å²) in [6.45, 7) is 1.34. The van der Waals surface area contributed by atoms with Crippen molar-refractivity contribution in [3.8, 4) is 0 Å². The average Bonchev–Trinajstić information content (AvgIpc) is 1.22. The van der Waals surface area contributed by atoms with E-state index >= 15 is 8.78 Å². The summed E-state index contributed by atoms with van der Waals surface area (Å²) >= 11 is 0. The first-order valence-electron chi connectivity index (χ1n) is 31.5. The molecular weight excluding hydrogens is 1130 g/mol. The van der Waals surface area contributed by atoms with E-state index in [1.54, 1.807) is 6.08 Å². The van der Waals surface area contributed by atoms with Gasteiger partial charge in [-0.2, -0.15) is 0 Å². The van der Waals surface area contributed by atoms with Crippen molar-refractivity contribution in [3.05, 3.63) is 12.2 Å². The fraction of sp³-hybridized carbons (Fsp3) is 0.917. The Hall–Kier alpha value is -1.63. The Kier molecular flexibility index (Phi) is 40.4. The van der Waals surface area contributed by atoms with Gasteiger partial charge in [0.1, 0.15) is 54.9 Å². The zero-order chi connectivity index (χ0) is 62.2. The number of aliphatic hydroxyl groups excluding tert-OH is 11. The molecular formula is C60H108F2N2NaO20+. The van der Waals surface area contributed by atoms with Crippen LogP contribution >= 0.6 is 0 Å². The number of hydrogen-bond donors (Lipinski definition) is 14. The van der Waals surface area contributed by atoms with Gasteiger partial charge < -0.3 is 95.6 Å². The first-order valence-corrected chi connectivity index (χ1v) is 31.5. The maximum absolute atomic E-state index is 17.3. The zero-order valence-electron chi connectivity index (χ0n) is 51.2. The topological polar surface area (TPSA) is 364 Å². The number of amides is 2. The Morgan fingerprint density at radius 3 is 1.62 bits per heavy atom. The van der Waals surface area contributed by atoms with Crippen molar-refractivity contribution in [3.63, 3.8) is 0 Å². The molecule has 0 bridgehead atoms. The van der Waals surface area contributed by atoms with E-state index in [9.17, 15) is 75.7 Å². The molecule has 0 aromatic heterocycles. The Bertz CT molecular complexity index is 1840. The minimum Gasteiger partial charge on any atom is -0.479 e. The van der Waals surface area contributed by atoms with Crippen molar-refractivity contribution in [2.45, 2.75) is 316 Å². The molecule has 85 heavy (non-hydrogen) atoms. The van der Waals surface area contributed by atoms with E-state index in [2.05, 4.69) is 24.5 Å². The van der Waals surface area contributed by atoms with Gasteiger partial charge in [-0.15, -0.1) is 0 Å². The van der Waals surface area contributed by atoms with Gasteiger partial charge in [0.15, 0.2) is 12.6 Å². The molecule has 3 fully saturated rings. The number of nitrogens with one attached hydrogen (secondary N) is 2. The van der Waals surface area contributed by atoms with Gasteiger partial charge in [-0.05, 0) is 19.3 Å². The van der Waals surface area contributed by atoms with Gasteiger partial charge in [0.2, 0.25) is 17.4 Å². The van der Waals surface area contributed by atoms with Crippen LogP contribution in [0.2, 0.25) is 0 Å². The normalized spacial score (nSPS) is 29.7. The molecule has 25 heteroatoms. The molecule has 0 aliphatic carbocycles.